The van der Waals surface area contributed by atoms with Crippen LogP contribution in [0.2, 0.25) is 0 Å². The zero-order valence-corrected chi connectivity index (χ0v) is 14.8. The molecule has 0 saturated carbocycles. The lowest BCUT2D eigenvalue weighted by Gasteiger charge is -2.15. The largest absolute Gasteiger partial charge is 0.620 e. The number of anilines is 1. The maximum atomic E-state index is 11.8. The van der Waals surface area contributed by atoms with Crippen LogP contribution in [-0.4, -0.2) is 56.7 Å². The van der Waals surface area contributed by atoms with E-state index in [-0.39, 0.29) is 23.7 Å². The highest BCUT2D eigenvalue weighted by Crippen LogP contribution is 2.67. The molecule has 1 fully saturated rings. The Kier molecular flexibility index (Phi) is 5.25. The normalized spacial score (nSPS) is 21.6. The molecular weight excluding hydrogens is 396 g/mol. The first-order valence-electron chi connectivity index (χ1n) is 7.19. The van der Waals surface area contributed by atoms with E-state index in [0.29, 0.717) is 12.8 Å². The second kappa shape index (κ2) is 7.02. The molecule has 1 saturated heterocycles. The van der Waals surface area contributed by atoms with E-state index >= 15 is 0 Å². The van der Waals surface area contributed by atoms with Crippen LogP contribution in [0.15, 0.2) is 11.1 Å². The van der Waals surface area contributed by atoms with Crippen molar-refractivity contribution in [1.82, 2.24) is 19.5 Å². The minimum Gasteiger partial charge on any atom is -0.369 e. The first-order chi connectivity index (χ1) is 12.0. The van der Waals surface area contributed by atoms with Gasteiger partial charge in [0.1, 0.15) is 12.8 Å². The molecule has 1 aliphatic rings. The third kappa shape index (κ3) is 4.50. The molecule has 3 heterocycles. The molecule has 1 aliphatic heterocycles. The van der Waals surface area contributed by atoms with Crippen LogP contribution in [0, 0.1) is 0 Å². The van der Waals surface area contributed by atoms with Crippen LogP contribution in [0.5, 0.6) is 0 Å². The lowest BCUT2D eigenvalue weighted by Crippen LogP contribution is -2.18. The maximum Gasteiger partial charge on any atom is 0.620 e. The predicted octanol–water partition coefficient (Wildman–Crippen LogP) is -1.27. The molecule has 2 unspecified atom stereocenters. The first kappa shape index (κ1) is 19.5. The van der Waals surface area contributed by atoms with Crippen LogP contribution in [0.25, 0.3) is 11.2 Å². The van der Waals surface area contributed by atoms with Gasteiger partial charge in [0, 0.05) is 0 Å². The average molecular weight is 413 g/mol. The summed E-state index contributed by atoms with van der Waals surface area (Å²) in [5.74, 6) is -0.0711. The average Bonchev–Trinajstić information content (AvgIpc) is 3.08. The van der Waals surface area contributed by atoms with Gasteiger partial charge in [0.15, 0.2) is 11.2 Å². The molecule has 2 atom stereocenters. The Morgan fingerprint density at radius 3 is 2.77 bits per heavy atom. The number of fused-ring (bicyclic) bond motifs is 1. The summed E-state index contributed by atoms with van der Waals surface area (Å²) in [6.45, 7) is -0.347. The second-order valence-corrected chi connectivity index (χ2v) is 8.37. The lowest BCUT2D eigenvalue weighted by molar-refractivity contribution is -0.0238. The molecule has 144 valence electrons. The number of nitrogens with two attached hydrogens (primary N) is 1. The molecule has 16 heteroatoms. The first-order valence-corrected chi connectivity index (χ1v) is 10.3. The second-order valence-electron chi connectivity index (χ2n) is 5.45. The molecule has 2 aromatic heterocycles. The summed E-state index contributed by atoms with van der Waals surface area (Å²) in [7, 11) is -9.49. The number of nitrogen functional groups attached to an aromatic ring is 1. The molecule has 14 nitrogen and oxygen atoms in total. The molecule has 0 amide bonds. The van der Waals surface area contributed by atoms with E-state index < -0.39 is 34.2 Å². The number of aromatic amines is 1. The van der Waals surface area contributed by atoms with Crippen molar-refractivity contribution >= 4 is 33.5 Å². The molecule has 0 aromatic carbocycles. The van der Waals surface area contributed by atoms with E-state index in [4.69, 9.17) is 25.2 Å². The number of hydrogen-bond acceptors (Lipinski definition) is 12. The third-order valence-electron chi connectivity index (χ3n) is 3.49. The zero-order valence-electron chi connectivity index (χ0n) is 13.0. The van der Waals surface area contributed by atoms with Gasteiger partial charge in [0.05, 0.1) is 16.7 Å². The number of hydrogen-bond donors (Lipinski definition) is 7. The van der Waals surface area contributed by atoms with E-state index in [9.17, 15) is 14.6 Å². The quantitative estimate of drug-likeness (QED) is 0.276. The van der Waals surface area contributed by atoms with E-state index in [1.54, 1.807) is 0 Å². The van der Waals surface area contributed by atoms with Gasteiger partial charge in [0.2, 0.25) is 5.95 Å². The summed E-state index contributed by atoms with van der Waals surface area (Å²) in [5, 5.41) is 0. The third-order valence-corrected chi connectivity index (χ3v) is 5.70. The lowest BCUT2D eigenvalue weighted by atomic mass is 10.2. The Balaban J connectivity index is 1.65. The Labute approximate surface area is 146 Å². The predicted molar refractivity (Wildman–Crippen MR) is 87.7 cm³/mol. The standard InChI is InChI=1S/C10H16N5O9P2/c11-10-13-8-7(9(16)14-10)12-4-15(8)6-2-1-5(23-6)3-22-26(20,21)24-25(17,18)19/h4-6,17-21H,1-3H2,(H2-,11,13,14,16)/q+1/p+1. The van der Waals surface area contributed by atoms with Crippen LogP contribution in [0.4, 0.5) is 5.95 Å². The van der Waals surface area contributed by atoms with Crippen molar-refractivity contribution < 1.29 is 38.0 Å². The molecule has 2 aromatic rings. The highest BCUT2D eigenvalue weighted by molar-refractivity contribution is 7.67. The van der Waals surface area contributed by atoms with Crippen molar-refractivity contribution in [2.24, 2.45) is 0 Å². The smallest absolute Gasteiger partial charge is 0.369 e. The van der Waals surface area contributed by atoms with E-state index in [1.165, 1.54) is 10.9 Å². The van der Waals surface area contributed by atoms with Crippen molar-refractivity contribution in [3.05, 3.63) is 16.7 Å². The van der Waals surface area contributed by atoms with Crippen LogP contribution in [0.1, 0.15) is 19.1 Å². The maximum absolute atomic E-state index is 11.8. The highest BCUT2D eigenvalue weighted by Gasteiger charge is 2.58. The van der Waals surface area contributed by atoms with Crippen LogP contribution >= 0.6 is 16.3 Å². The molecule has 8 N–H and O–H groups in total. The van der Waals surface area contributed by atoms with Gasteiger partial charge in [-0.1, -0.05) is 0 Å². The Morgan fingerprint density at radius 1 is 1.35 bits per heavy atom. The minimum absolute atomic E-state index is 0.0711. The number of ether oxygens (including phenoxy) is 1. The van der Waals surface area contributed by atoms with Gasteiger partial charge in [-0.15, -0.1) is 4.52 Å². The number of nitrogens with one attached hydrogen (secondary N) is 1. The van der Waals surface area contributed by atoms with Gasteiger partial charge in [-0.05, 0) is 12.8 Å². The number of rotatable bonds is 6. The molecule has 0 aliphatic carbocycles. The van der Waals surface area contributed by atoms with Crippen LogP contribution in [0.3, 0.4) is 0 Å². The number of H-pyrrole nitrogens is 1. The van der Waals surface area contributed by atoms with Gasteiger partial charge in [-0.25, -0.2) is 4.98 Å². The number of imidazole rings is 1. The molecule has 26 heavy (non-hydrogen) atoms. The van der Waals surface area contributed by atoms with Crippen LogP contribution in [-0.2, 0) is 13.6 Å². The zero-order chi connectivity index (χ0) is 19.1. The fourth-order valence-electron chi connectivity index (χ4n) is 2.51. The Bertz CT molecular complexity index is 850. The topological polar surface area (TPSA) is 218 Å². The molecule has 0 bridgehead atoms. The van der Waals surface area contributed by atoms with Crippen molar-refractivity contribution in [2.75, 3.05) is 12.3 Å². The van der Waals surface area contributed by atoms with Crippen LogP contribution < -0.4 is 11.3 Å². The van der Waals surface area contributed by atoms with Gasteiger partial charge in [-0.2, -0.15) is 29.5 Å². The van der Waals surface area contributed by atoms with E-state index in [2.05, 4.69) is 23.8 Å². The summed E-state index contributed by atoms with van der Waals surface area (Å²) < 4.78 is 15.8. The summed E-state index contributed by atoms with van der Waals surface area (Å²) in [4.78, 5) is 67.0. The van der Waals surface area contributed by atoms with Gasteiger partial charge in [0.25, 0.3) is 5.56 Å². The number of nitrogens with zero attached hydrogens (tertiary/aromatic N) is 3. The van der Waals surface area contributed by atoms with Gasteiger partial charge >= 0.3 is 16.3 Å². The minimum atomic E-state index is -4.87. The summed E-state index contributed by atoms with van der Waals surface area (Å²) >= 11 is 0. The monoisotopic (exact) mass is 413 g/mol. The van der Waals surface area contributed by atoms with E-state index in [1.807, 2.05) is 0 Å². The van der Waals surface area contributed by atoms with E-state index in [0.717, 1.165) is 0 Å². The molecule has 0 spiro atoms. The summed E-state index contributed by atoms with van der Waals surface area (Å²) in [5.41, 5.74) is 5.38. The van der Waals surface area contributed by atoms with Crippen molar-refractivity contribution in [2.45, 2.75) is 25.2 Å². The Morgan fingerprint density at radius 2 is 2.08 bits per heavy atom. The van der Waals surface area contributed by atoms with Gasteiger partial charge in [-0.3, -0.25) is 14.3 Å². The molecule has 0 radical (unpaired) electrons. The van der Waals surface area contributed by atoms with Crippen molar-refractivity contribution in [1.29, 1.82) is 0 Å². The van der Waals surface area contributed by atoms with Gasteiger partial charge < -0.3 is 10.5 Å². The SMILES string of the molecule is Nc1nc2c(ncn2C2CCC(CO[P+](O)(O)O[P+](O)(O)O)O2)c(=O)[nH]1. The van der Waals surface area contributed by atoms with Crippen molar-refractivity contribution in [3.8, 4) is 0 Å². The van der Waals surface area contributed by atoms with Crippen molar-refractivity contribution in [3.63, 3.8) is 0 Å². The fraction of sp³-hybridized carbons (Fsp3) is 0.500. The molecule has 3 rings (SSSR count). The Hall–Kier alpha value is -1.31. The summed E-state index contributed by atoms with van der Waals surface area (Å²) in [6, 6.07) is 0. The molecular formula is C10H17N5O9P2+2. The fourth-order valence-corrected chi connectivity index (χ4v) is 4.20. The highest BCUT2D eigenvalue weighted by atomic mass is 31.3. The number of aromatic nitrogens is 4. The summed E-state index contributed by atoms with van der Waals surface area (Å²) in [6.07, 6.45) is 1.16.